The summed E-state index contributed by atoms with van der Waals surface area (Å²) < 4.78 is 42.7. The van der Waals surface area contributed by atoms with Crippen molar-refractivity contribution < 1.29 is 27.8 Å². The number of halogens is 2. The number of hydrogen-bond acceptors (Lipinski definition) is 4. The van der Waals surface area contributed by atoms with E-state index in [1.165, 1.54) is 48.5 Å². The van der Waals surface area contributed by atoms with Crippen molar-refractivity contribution in [1.29, 1.82) is 0 Å². The lowest BCUT2D eigenvalue weighted by molar-refractivity contribution is -0.157. The first kappa shape index (κ1) is 16.5. The average molecular weight is 334 g/mol. The lowest BCUT2D eigenvalue weighted by Crippen LogP contribution is -2.28. The minimum absolute atomic E-state index is 0.204. The van der Waals surface area contributed by atoms with Gasteiger partial charge in [0.2, 0.25) is 0 Å². The van der Waals surface area contributed by atoms with Crippen molar-refractivity contribution in [3.63, 3.8) is 0 Å². The van der Waals surface area contributed by atoms with Crippen LogP contribution in [0.1, 0.15) is 30.4 Å². The van der Waals surface area contributed by atoms with Crippen molar-refractivity contribution in [2.75, 3.05) is 6.61 Å². The van der Waals surface area contributed by atoms with Crippen LogP contribution in [-0.2, 0) is 19.0 Å². The van der Waals surface area contributed by atoms with Crippen molar-refractivity contribution in [1.82, 2.24) is 0 Å². The number of carbonyl (C=O) groups is 1. The van der Waals surface area contributed by atoms with E-state index in [2.05, 4.69) is 0 Å². The van der Waals surface area contributed by atoms with Gasteiger partial charge in [-0.05, 0) is 36.8 Å². The third-order valence-corrected chi connectivity index (χ3v) is 3.67. The predicted octanol–water partition coefficient (Wildman–Crippen LogP) is 3.68. The Morgan fingerprint density at radius 2 is 1.50 bits per heavy atom. The molecule has 4 nitrogen and oxygen atoms in total. The topological polar surface area (TPSA) is 44.8 Å². The molecule has 2 aromatic rings. The molecule has 0 radical (unpaired) electrons. The molecule has 1 aliphatic heterocycles. The van der Waals surface area contributed by atoms with Gasteiger partial charge in [0.1, 0.15) is 17.7 Å². The summed E-state index contributed by atoms with van der Waals surface area (Å²) in [6, 6.07) is 11.2. The smallest absolute Gasteiger partial charge is 0.338 e. The Bertz CT molecular complexity index is 700. The molecule has 0 amide bonds. The molecule has 3 atom stereocenters. The normalized spacial score (nSPS) is 23.2. The molecule has 0 aromatic heterocycles. The van der Waals surface area contributed by atoms with Crippen molar-refractivity contribution >= 4 is 5.97 Å². The van der Waals surface area contributed by atoms with E-state index in [4.69, 9.17) is 14.2 Å². The van der Waals surface area contributed by atoms with E-state index in [1.807, 2.05) is 0 Å². The van der Waals surface area contributed by atoms with Gasteiger partial charge in [-0.2, -0.15) is 0 Å². The highest BCUT2D eigenvalue weighted by Crippen LogP contribution is 2.40. The van der Waals surface area contributed by atoms with Crippen LogP contribution in [0, 0.1) is 11.6 Å². The molecule has 0 aliphatic carbocycles. The van der Waals surface area contributed by atoms with Gasteiger partial charge in [0.15, 0.2) is 12.4 Å². The van der Waals surface area contributed by atoms with E-state index in [0.29, 0.717) is 11.1 Å². The minimum atomic E-state index is -0.981. The molecule has 0 N–H and O–H groups in total. The molecule has 0 spiro atoms. The SMILES string of the molecule is CCOC(=O)[C@H]1O[C@H](c2ccc(F)cc2)O[C@@H]1c1ccc(F)cc1. The lowest BCUT2D eigenvalue weighted by atomic mass is 10.0. The van der Waals surface area contributed by atoms with Crippen LogP contribution in [0.2, 0.25) is 0 Å². The fourth-order valence-corrected chi connectivity index (χ4v) is 2.53. The van der Waals surface area contributed by atoms with E-state index in [9.17, 15) is 13.6 Å². The van der Waals surface area contributed by atoms with Gasteiger partial charge in [0, 0.05) is 5.56 Å². The molecular weight excluding hydrogens is 318 g/mol. The fraction of sp³-hybridized carbons (Fsp3) is 0.278. The molecule has 1 aliphatic rings. The van der Waals surface area contributed by atoms with E-state index in [-0.39, 0.29) is 18.2 Å². The number of benzene rings is 2. The molecular formula is C18H16F2O4. The first-order valence-electron chi connectivity index (χ1n) is 7.57. The standard InChI is InChI=1S/C18H16F2O4/c1-2-22-17(21)16-15(11-3-7-13(19)8-4-11)23-18(24-16)12-5-9-14(20)10-6-12/h3-10,15-16,18H,2H2,1H3/t15-,16+,18-/m1/s1. The second-order valence-electron chi connectivity index (χ2n) is 5.30. The van der Waals surface area contributed by atoms with Crippen LogP contribution in [-0.4, -0.2) is 18.7 Å². The maximum absolute atomic E-state index is 13.1. The second kappa shape index (κ2) is 7.07. The van der Waals surface area contributed by atoms with Crippen molar-refractivity contribution in [3.8, 4) is 0 Å². The van der Waals surface area contributed by atoms with Crippen LogP contribution in [0.4, 0.5) is 8.78 Å². The highest BCUT2D eigenvalue weighted by Gasteiger charge is 2.43. The fourth-order valence-electron chi connectivity index (χ4n) is 2.53. The van der Waals surface area contributed by atoms with E-state index >= 15 is 0 Å². The number of ether oxygens (including phenoxy) is 3. The zero-order valence-corrected chi connectivity index (χ0v) is 12.9. The summed E-state index contributed by atoms with van der Waals surface area (Å²) in [6.45, 7) is 1.90. The molecule has 6 heteroatoms. The zero-order chi connectivity index (χ0) is 17.1. The van der Waals surface area contributed by atoms with Crippen LogP contribution >= 0.6 is 0 Å². The second-order valence-corrected chi connectivity index (χ2v) is 5.30. The van der Waals surface area contributed by atoms with Gasteiger partial charge in [-0.1, -0.05) is 24.3 Å². The molecule has 1 saturated heterocycles. The van der Waals surface area contributed by atoms with Crippen molar-refractivity contribution in [3.05, 3.63) is 71.3 Å². The van der Waals surface area contributed by atoms with E-state index < -0.39 is 24.5 Å². The highest BCUT2D eigenvalue weighted by molar-refractivity contribution is 5.76. The molecule has 24 heavy (non-hydrogen) atoms. The van der Waals surface area contributed by atoms with Gasteiger partial charge < -0.3 is 14.2 Å². The van der Waals surface area contributed by atoms with Gasteiger partial charge in [-0.3, -0.25) is 0 Å². The van der Waals surface area contributed by atoms with Crippen LogP contribution in [0.5, 0.6) is 0 Å². The summed E-state index contributed by atoms with van der Waals surface area (Å²) in [7, 11) is 0. The highest BCUT2D eigenvalue weighted by atomic mass is 19.1. The number of rotatable bonds is 4. The first-order valence-corrected chi connectivity index (χ1v) is 7.57. The maximum Gasteiger partial charge on any atom is 0.338 e. The van der Waals surface area contributed by atoms with Crippen molar-refractivity contribution in [2.24, 2.45) is 0 Å². The predicted molar refractivity (Wildman–Crippen MR) is 80.9 cm³/mol. The molecule has 2 aromatic carbocycles. The molecule has 0 saturated carbocycles. The van der Waals surface area contributed by atoms with Crippen LogP contribution in [0.25, 0.3) is 0 Å². The van der Waals surface area contributed by atoms with Gasteiger partial charge in [0.05, 0.1) is 6.61 Å². The quantitative estimate of drug-likeness (QED) is 0.800. The Morgan fingerprint density at radius 3 is 2.04 bits per heavy atom. The molecule has 3 rings (SSSR count). The van der Waals surface area contributed by atoms with Gasteiger partial charge in [-0.25, -0.2) is 13.6 Å². The number of esters is 1. The minimum Gasteiger partial charge on any atom is -0.464 e. The summed E-state index contributed by atoms with van der Waals surface area (Å²) in [6.07, 6.45) is -2.56. The molecule has 1 heterocycles. The van der Waals surface area contributed by atoms with Gasteiger partial charge in [-0.15, -0.1) is 0 Å². The molecule has 0 unspecified atom stereocenters. The number of hydrogen-bond donors (Lipinski definition) is 0. The Hall–Kier alpha value is -2.31. The average Bonchev–Trinajstić information content (AvgIpc) is 3.02. The largest absolute Gasteiger partial charge is 0.464 e. The summed E-state index contributed by atoms with van der Waals surface area (Å²) in [5.41, 5.74) is 1.18. The Kier molecular flexibility index (Phi) is 4.87. The monoisotopic (exact) mass is 334 g/mol. The Morgan fingerprint density at radius 1 is 0.958 bits per heavy atom. The zero-order valence-electron chi connectivity index (χ0n) is 12.9. The molecule has 1 fully saturated rings. The first-order chi connectivity index (χ1) is 11.6. The third-order valence-electron chi connectivity index (χ3n) is 3.67. The summed E-state index contributed by atoms with van der Waals surface area (Å²) >= 11 is 0. The van der Waals surface area contributed by atoms with Gasteiger partial charge in [0.25, 0.3) is 0 Å². The van der Waals surface area contributed by atoms with Crippen LogP contribution in [0.3, 0.4) is 0 Å². The van der Waals surface area contributed by atoms with E-state index in [1.54, 1.807) is 6.92 Å². The van der Waals surface area contributed by atoms with Crippen LogP contribution < -0.4 is 0 Å². The summed E-state index contributed by atoms with van der Waals surface area (Å²) in [5.74, 6) is -1.33. The van der Waals surface area contributed by atoms with Crippen molar-refractivity contribution in [2.45, 2.75) is 25.4 Å². The Balaban J connectivity index is 1.87. The third kappa shape index (κ3) is 3.44. The van der Waals surface area contributed by atoms with Gasteiger partial charge >= 0.3 is 5.97 Å². The van der Waals surface area contributed by atoms with E-state index in [0.717, 1.165) is 0 Å². The molecule has 126 valence electrons. The number of carbonyl (C=O) groups excluding carboxylic acids is 1. The van der Waals surface area contributed by atoms with Crippen LogP contribution in [0.15, 0.2) is 48.5 Å². The summed E-state index contributed by atoms with van der Waals surface area (Å²) in [4.78, 5) is 12.2. The Labute approximate surface area is 138 Å². The summed E-state index contributed by atoms with van der Waals surface area (Å²) in [5, 5.41) is 0. The maximum atomic E-state index is 13.1. The lowest BCUT2D eigenvalue weighted by Gasteiger charge is -2.15. The molecule has 0 bridgehead atoms.